The molecule has 2 N–H and O–H groups in total. The first-order chi connectivity index (χ1) is 17.1. The molecule has 0 spiro atoms. The maximum Gasteiger partial charge on any atom is 0.437 e. The van der Waals surface area contributed by atoms with E-state index in [2.05, 4.69) is 34.3 Å². The molecule has 4 rings (SSSR count). The third-order valence-electron chi connectivity index (χ3n) is 6.27. The van der Waals surface area contributed by atoms with Gasteiger partial charge >= 0.3 is 6.18 Å². The van der Waals surface area contributed by atoms with E-state index in [0.29, 0.717) is 24.5 Å². The van der Waals surface area contributed by atoms with Crippen molar-refractivity contribution < 1.29 is 22.8 Å². The van der Waals surface area contributed by atoms with Gasteiger partial charge < -0.3 is 10.2 Å². The number of rotatable bonds is 7. The van der Waals surface area contributed by atoms with E-state index in [4.69, 9.17) is 0 Å². The van der Waals surface area contributed by atoms with Crippen LogP contribution in [0.4, 0.5) is 13.2 Å². The van der Waals surface area contributed by atoms with Gasteiger partial charge in [-0.1, -0.05) is 50.2 Å². The van der Waals surface area contributed by atoms with Crippen LogP contribution < -0.4 is 5.32 Å². The van der Waals surface area contributed by atoms with Crippen molar-refractivity contribution in [2.24, 2.45) is 0 Å². The van der Waals surface area contributed by atoms with Crippen molar-refractivity contribution in [3.63, 3.8) is 0 Å². The van der Waals surface area contributed by atoms with Gasteiger partial charge in [0, 0.05) is 12.7 Å². The number of alkyl halides is 3. The molecule has 1 aromatic carbocycles. The molecule has 8 nitrogen and oxygen atoms in total. The molecule has 2 amide bonds. The van der Waals surface area contributed by atoms with Gasteiger partial charge in [-0.2, -0.15) is 28.6 Å². The van der Waals surface area contributed by atoms with Crippen molar-refractivity contribution in [3.8, 4) is 0 Å². The first-order valence-electron chi connectivity index (χ1n) is 11.7. The van der Waals surface area contributed by atoms with Crippen LogP contribution in [0.2, 0.25) is 0 Å². The largest absolute Gasteiger partial charge is 0.437 e. The number of benzene rings is 1. The molecule has 1 fully saturated rings. The van der Waals surface area contributed by atoms with Crippen molar-refractivity contribution >= 4 is 11.8 Å². The molecular formula is C25H27F3N6O2. The summed E-state index contributed by atoms with van der Waals surface area (Å²) >= 11 is 0. The van der Waals surface area contributed by atoms with Crippen LogP contribution in [-0.4, -0.2) is 49.7 Å². The minimum absolute atomic E-state index is 0.271. The Morgan fingerprint density at radius 1 is 1.11 bits per heavy atom. The van der Waals surface area contributed by atoms with Gasteiger partial charge in [-0.3, -0.25) is 14.6 Å². The van der Waals surface area contributed by atoms with Crippen LogP contribution in [-0.2, 0) is 22.2 Å². The lowest BCUT2D eigenvalue weighted by molar-refractivity contribution is -0.143. The standard InChI is InChI=1S/C25H27F3N6O2/c1-15(2)17-10-11-18(29-14-17)22(16-7-4-3-5-8-16)30-24(36)20-9-6-12-34(20)21(35)13-19-23(25(26,27)28)32-33-31-19/h3-5,7-8,10-11,14-15,20,22H,6,9,12-13H2,1-2H3,(H,30,36)(H,31,32,33)/t20-,22-/m0/s1. The fraction of sp³-hybridized carbons (Fsp3) is 0.400. The van der Waals surface area contributed by atoms with Gasteiger partial charge in [-0.25, -0.2) is 0 Å². The number of carbonyl (C=O) groups is 2. The van der Waals surface area contributed by atoms with Crippen LogP contribution in [0.1, 0.15) is 66.9 Å². The van der Waals surface area contributed by atoms with Crippen molar-refractivity contribution in [2.45, 2.75) is 57.3 Å². The zero-order valence-corrected chi connectivity index (χ0v) is 19.9. The summed E-state index contributed by atoms with van der Waals surface area (Å²) in [6.07, 6.45) is -2.58. The highest BCUT2D eigenvalue weighted by Crippen LogP contribution is 2.30. The van der Waals surface area contributed by atoms with Gasteiger partial charge in [0.05, 0.1) is 18.2 Å². The molecule has 0 saturated carbocycles. The van der Waals surface area contributed by atoms with Crippen LogP contribution in [0.3, 0.4) is 0 Å². The van der Waals surface area contributed by atoms with E-state index in [-0.39, 0.29) is 12.5 Å². The van der Waals surface area contributed by atoms with Crippen LogP contribution in [0, 0.1) is 0 Å². The fourth-order valence-corrected chi connectivity index (χ4v) is 4.33. The predicted molar refractivity (Wildman–Crippen MR) is 125 cm³/mol. The second-order valence-corrected chi connectivity index (χ2v) is 9.06. The molecule has 0 bridgehead atoms. The normalized spacial score (nSPS) is 16.8. The second-order valence-electron chi connectivity index (χ2n) is 9.06. The summed E-state index contributed by atoms with van der Waals surface area (Å²) in [6.45, 7) is 4.40. The fourth-order valence-electron chi connectivity index (χ4n) is 4.33. The second kappa shape index (κ2) is 10.5. The van der Waals surface area contributed by atoms with Crippen molar-refractivity contribution in [1.82, 2.24) is 30.6 Å². The number of hydrogen-bond donors (Lipinski definition) is 2. The number of nitrogens with zero attached hydrogens (tertiary/aromatic N) is 4. The smallest absolute Gasteiger partial charge is 0.342 e. The summed E-state index contributed by atoms with van der Waals surface area (Å²) in [7, 11) is 0. The van der Waals surface area contributed by atoms with Crippen LogP contribution in [0.5, 0.6) is 0 Å². The maximum absolute atomic E-state index is 13.4. The van der Waals surface area contributed by atoms with E-state index in [1.54, 1.807) is 6.20 Å². The number of H-pyrrole nitrogens is 1. The number of aromatic nitrogens is 4. The van der Waals surface area contributed by atoms with Gasteiger partial charge in [0.2, 0.25) is 11.8 Å². The summed E-state index contributed by atoms with van der Waals surface area (Å²) in [5.74, 6) is -0.694. The number of nitrogens with one attached hydrogen (secondary N) is 2. The Kier molecular flexibility index (Phi) is 7.37. The Hall–Kier alpha value is -3.76. The number of halogens is 3. The molecular weight excluding hydrogens is 473 g/mol. The van der Waals surface area contributed by atoms with Gasteiger partial charge in [-0.05, 0) is 36.0 Å². The lowest BCUT2D eigenvalue weighted by atomic mass is 10.00. The molecule has 1 aliphatic rings. The van der Waals surface area contributed by atoms with Crippen LogP contribution in [0.15, 0.2) is 48.7 Å². The molecule has 190 valence electrons. The number of amides is 2. The van der Waals surface area contributed by atoms with Gasteiger partial charge in [0.15, 0.2) is 5.69 Å². The Morgan fingerprint density at radius 3 is 2.50 bits per heavy atom. The summed E-state index contributed by atoms with van der Waals surface area (Å²) in [4.78, 5) is 32.2. The molecule has 0 aliphatic carbocycles. The van der Waals surface area contributed by atoms with E-state index < -0.39 is 42.0 Å². The Labute approximate surface area is 206 Å². The predicted octanol–water partition coefficient (Wildman–Crippen LogP) is 3.78. The number of likely N-dealkylation sites (tertiary alicyclic amines) is 1. The molecule has 36 heavy (non-hydrogen) atoms. The van der Waals surface area contributed by atoms with Gasteiger partial charge in [0.1, 0.15) is 11.7 Å². The van der Waals surface area contributed by atoms with E-state index in [0.717, 1.165) is 11.1 Å². The third-order valence-corrected chi connectivity index (χ3v) is 6.27. The molecule has 1 aliphatic heterocycles. The molecule has 2 aromatic heterocycles. The number of hydrogen-bond acceptors (Lipinski definition) is 5. The Balaban J connectivity index is 1.53. The SMILES string of the molecule is CC(C)c1ccc([C@@H](NC(=O)[C@@H]2CCCN2C(=O)Cc2n[nH]nc2C(F)(F)F)c2ccccc2)nc1. The van der Waals surface area contributed by atoms with Crippen LogP contribution >= 0.6 is 0 Å². The van der Waals surface area contributed by atoms with Crippen molar-refractivity contribution in [1.29, 1.82) is 0 Å². The number of carbonyl (C=O) groups excluding carboxylic acids is 2. The highest BCUT2D eigenvalue weighted by molar-refractivity contribution is 5.89. The topological polar surface area (TPSA) is 104 Å². The van der Waals surface area contributed by atoms with Crippen LogP contribution in [0.25, 0.3) is 0 Å². The maximum atomic E-state index is 13.4. The molecule has 3 aromatic rings. The lowest BCUT2D eigenvalue weighted by Gasteiger charge is -2.27. The Morgan fingerprint density at radius 2 is 1.86 bits per heavy atom. The summed E-state index contributed by atoms with van der Waals surface area (Å²) in [6, 6.07) is 11.8. The summed E-state index contributed by atoms with van der Waals surface area (Å²) in [5.41, 5.74) is 0.818. The molecule has 2 atom stereocenters. The van der Waals surface area contributed by atoms with Crippen molar-refractivity contribution in [2.75, 3.05) is 6.54 Å². The average molecular weight is 501 g/mol. The zero-order valence-electron chi connectivity index (χ0n) is 19.9. The quantitative estimate of drug-likeness (QED) is 0.514. The number of aromatic amines is 1. The Bertz CT molecular complexity index is 1190. The monoisotopic (exact) mass is 500 g/mol. The first kappa shape index (κ1) is 25.3. The minimum Gasteiger partial charge on any atom is -0.342 e. The van der Waals surface area contributed by atoms with E-state index >= 15 is 0 Å². The zero-order chi connectivity index (χ0) is 25.9. The average Bonchev–Trinajstić information content (AvgIpc) is 3.53. The van der Waals surface area contributed by atoms with E-state index in [1.807, 2.05) is 47.7 Å². The lowest BCUT2D eigenvalue weighted by Crippen LogP contribution is -2.47. The minimum atomic E-state index is -4.73. The van der Waals surface area contributed by atoms with Gasteiger partial charge in [-0.15, -0.1) is 0 Å². The summed E-state index contributed by atoms with van der Waals surface area (Å²) in [5, 5.41) is 11.6. The molecule has 0 radical (unpaired) electrons. The highest BCUT2D eigenvalue weighted by atomic mass is 19.4. The van der Waals surface area contributed by atoms with E-state index in [1.165, 1.54) is 4.90 Å². The molecule has 3 heterocycles. The summed E-state index contributed by atoms with van der Waals surface area (Å²) < 4.78 is 39.4. The third kappa shape index (κ3) is 5.55. The van der Waals surface area contributed by atoms with E-state index in [9.17, 15) is 22.8 Å². The number of pyridine rings is 1. The first-order valence-corrected chi connectivity index (χ1v) is 11.7. The molecule has 1 saturated heterocycles. The molecule has 11 heteroatoms. The molecule has 0 unspecified atom stereocenters. The highest BCUT2D eigenvalue weighted by Gasteiger charge is 2.40. The van der Waals surface area contributed by atoms with Gasteiger partial charge in [0.25, 0.3) is 0 Å². The van der Waals surface area contributed by atoms with Crippen molar-refractivity contribution in [3.05, 3.63) is 76.9 Å².